The molecule has 0 bridgehead atoms. The molecule has 0 aromatic heterocycles. The molecule has 0 heterocycles. The fraction of sp³-hybridized carbons (Fsp3) is 1.00. The third kappa shape index (κ3) is 6.15. The third-order valence-corrected chi connectivity index (χ3v) is 1.21. The summed E-state index contributed by atoms with van der Waals surface area (Å²) in [6, 6.07) is 0. The predicted molar refractivity (Wildman–Crippen MR) is 33.1 cm³/mol. The van der Waals surface area contributed by atoms with Gasteiger partial charge in [0, 0.05) is 8.53 Å². The van der Waals surface area contributed by atoms with Crippen LogP contribution < -0.4 is 10.4 Å². The largest absolute Gasteiger partial charge is 0.796 e. The van der Waals surface area contributed by atoms with Gasteiger partial charge in [0.25, 0.3) is 0 Å². The third-order valence-electron chi connectivity index (χ3n) is 0.761. The van der Waals surface area contributed by atoms with Gasteiger partial charge in [-0.05, 0) is 6.42 Å². The molecule has 2 atom stereocenters. The zero-order valence-electron chi connectivity index (χ0n) is 5.28. The molecule has 9 heavy (non-hydrogen) atoms. The first-order valence-electron chi connectivity index (χ1n) is 2.73. The number of rotatable bonds is 4. The van der Waals surface area contributed by atoms with E-state index in [-0.39, 0.29) is 0 Å². The van der Waals surface area contributed by atoms with Gasteiger partial charge in [0.15, 0.2) is 6.29 Å². The lowest BCUT2D eigenvalue weighted by Gasteiger charge is -2.20. The highest BCUT2D eigenvalue weighted by molar-refractivity contribution is 7.41. The topological polar surface area (TPSA) is 78.5 Å². The van der Waals surface area contributed by atoms with Gasteiger partial charge >= 0.3 is 0 Å². The summed E-state index contributed by atoms with van der Waals surface area (Å²) in [7, 11) is -2.15. The molecule has 0 spiro atoms. The first-order chi connectivity index (χ1) is 4.16. The van der Waals surface area contributed by atoms with Crippen LogP contribution >= 0.6 is 8.53 Å². The van der Waals surface area contributed by atoms with Crippen LogP contribution in [0.5, 0.6) is 0 Å². The standard InChI is InChI=1S/C4H11NO3P/c1-2-3-4(6)8-9(5)7/h4,6H,2-3,5H2,1H3/q-1. The van der Waals surface area contributed by atoms with Crippen LogP contribution in [0.1, 0.15) is 19.8 Å². The van der Waals surface area contributed by atoms with Gasteiger partial charge in [-0.25, -0.2) is 0 Å². The molecule has 0 amide bonds. The van der Waals surface area contributed by atoms with Crippen LogP contribution in [0.4, 0.5) is 0 Å². The lowest BCUT2D eigenvalue weighted by molar-refractivity contribution is -0.195. The summed E-state index contributed by atoms with van der Waals surface area (Å²) in [5, 5.41) is 8.73. The van der Waals surface area contributed by atoms with Crippen LogP contribution in [0.15, 0.2) is 0 Å². The van der Waals surface area contributed by atoms with Crippen molar-refractivity contribution in [1.29, 1.82) is 0 Å². The van der Waals surface area contributed by atoms with E-state index in [4.69, 9.17) is 10.6 Å². The van der Waals surface area contributed by atoms with E-state index in [0.717, 1.165) is 6.42 Å². The Labute approximate surface area is 55.6 Å². The summed E-state index contributed by atoms with van der Waals surface area (Å²) in [4.78, 5) is 10.1. The highest BCUT2D eigenvalue weighted by atomic mass is 31.2. The molecule has 0 aromatic rings. The van der Waals surface area contributed by atoms with Gasteiger partial charge in [-0.3, -0.25) is 5.50 Å². The van der Waals surface area contributed by atoms with Gasteiger partial charge in [0.2, 0.25) is 0 Å². The van der Waals surface area contributed by atoms with Crippen molar-refractivity contribution in [2.45, 2.75) is 26.1 Å². The molecule has 5 heteroatoms. The van der Waals surface area contributed by atoms with Crippen molar-refractivity contribution in [3.63, 3.8) is 0 Å². The monoisotopic (exact) mass is 152 g/mol. The molecular formula is C4H11NO3P-. The second-order valence-corrected chi connectivity index (χ2v) is 2.42. The highest BCUT2D eigenvalue weighted by Crippen LogP contribution is 2.17. The number of aliphatic hydroxyl groups is 1. The van der Waals surface area contributed by atoms with Crippen molar-refractivity contribution < 1.29 is 14.5 Å². The van der Waals surface area contributed by atoms with Gasteiger partial charge < -0.3 is 14.5 Å². The fourth-order valence-corrected chi connectivity index (χ4v) is 0.765. The first-order valence-corrected chi connectivity index (χ1v) is 3.98. The number of hydrogen-bond acceptors (Lipinski definition) is 4. The molecule has 2 unspecified atom stereocenters. The lowest BCUT2D eigenvalue weighted by atomic mass is 10.3. The van der Waals surface area contributed by atoms with Crippen LogP contribution in [0.25, 0.3) is 0 Å². The minimum atomic E-state index is -2.15. The van der Waals surface area contributed by atoms with Gasteiger partial charge in [-0.15, -0.1) is 0 Å². The van der Waals surface area contributed by atoms with Crippen molar-refractivity contribution in [3.8, 4) is 0 Å². The SMILES string of the molecule is CCCC(O)OP(N)[O-]. The molecule has 0 saturated carbocycles. The second-order valence-electron chi connectivity index (χ2n) is 1.63. The molecule has 0 radical (unpaired) electrons. The van der Waals surface area contributed by atoms with E-state index in [1.54, 1.807) is 0 Å². The average Bonchev–Trinajstić information content (AvgIpc) is 1.63. The Hall–Kier alpha value is 0.270. The van der Waals surface area contributed by atoms with Crippen LogP contribution in [-0.4, -0.2) is 11.4 Å². The number of aliphatic hydroxyl groups excluding tert-OH is 1. The average molecular weight is 152 g/mol. The van der Waals surface area contributed by atoms with Gasteiger partial charge in [0.05, 0.1) is 0 Å². The maximum Gasteiger partial charge on any atom is 0.158 e. The normalized spacial score (nSPS) is 17.3. The molecule has 0 aromatic carbocycles. The van der Waals surface area contributed by atoms with E-state index in [1.165, 1.54) is 0 Å². The Bertz CT molecular complexity index is 70.8. The van der Waals surface area contributed by atoms with E-state index in [0.29, 0.717) is 6.42 Å². The molecular weight excluding hydrogens is 141 g/mol. The number of hydrogen-bond donors (Lipinski definition) is 2. The quantitative estimate of drug-likeness (QED) is 0.427. The number of nitrogens with two attached hydrogens (primary N) is 1. The Morgan fingerprint density at radius 3 is 2.78 bits per heavy atom. The first kappa shape index (κ1) is 9.27. The smallest absolute Gasteiger partial charge is 0.158 e. The molecule has 0 rings (SSSR count). The van der Waals surface area contributed by atoms with Crippen molar-refractivity contribution in [2.24, 2.45) is 5.50 Å². The van der Waals surface area contributed by atoms with Gasteiger partial charge in [-0.1, -0.05) is 13.3 Å². The van der Waals surface area contributed by atoms with E-state index < -0.39 is 14.8 Å². The highest BCUT2D eigenvalue weighted by Gasteiger charge is 2.00. The molecule has 0 aliphatic carbocycles. The summed E-state index contributed by atoms with van der Waals surface area (Å²) in [6.45, 7) is 1.89. The molecule has 4 nitrogen and oxygen atoms in total. The zero-order valence-corrected chi connectivity index (χ0v) is 6.17. The molecule has 0 aliphatic rings. The Kier molecular flexibility index (Phi) is 5.24. The van der Waals surface area contributed by atoms with E-state index in [1.807, 2.05) is 6.92 Å². The van der Waals surface area contributed by atoms with Gasteiger partial charge in [-0.2, -0.15) is 0 Å². The fourth-order valence-electron chi connectivity index (χ4n) is 0.420. The Balaban J connectivity index is 3.15. The van der Waals surface area contributed by atoms with Crippen LogP contribution in [0.3, 0.4) is 0 Å². The summed E-state index contributed by atoms with van der Waals surface area (Å²) < 4.78 is 4.33. The summed E-state index contributed by atoms with van der Waals surface area (Å²) >= 11 is 0. The Morgan fingerprint density at radius 2 is 2.44 bits per heavy atom. The minimum absolute atomic E-state index is 0.471. The molecule has 3 N–H and O–H groups in total. The van der Waals surface area contributed by atoms with Crippen LogP contribution in [-0.2, 0) is 4.52 Å². The van der Waals surface area contributed by atoms with Crippen molar-refractivity contribution in [2.75, 3.05) is 0 Å². The van der Waals surface area contributed by atoms with Gasteiger partial charge in [0.1, 0.15) is 0 Å². The van der Waals surface area contributed by atoms with Crippen molar-refractivity contribution >= 4 is 8.53 Å². The lowest BCUT2D eigenvalue weighted by Crippen LogP contribution is -2.15. The van der Waals surface area contributed by atoms with Crippen molar-refractivity contribution in [1.82, 2.24) is 0 Å². The van der Waals surface area contributed by atoms with Crippen molar-refractivity contribution in [3.05, 3.63) is 0 Å². The second kappa shape index (κ2) is 5.09. The maximum absolute atomic E-state index is 10.1. The van der Waals surface area contributed by atoms with Crippen LogP contribution in [0.2, 0.25) is 0 Å². The minimum Gasteiger partial charge on any atom is -0.796 e. The molecule has 56 valence electrons. The summed E-state index contributed by atoms with van der Waals surface area (Å²) in [6.07, 6.45) is 0.284. The Morgan fingerprint density at radius 1 is 1.89 bits per heavy atom. The summed E-state index contributed by atoms with van der Waals surface area (Å²) in [5.41, 5.74) is 4.75. The zero-order chi connectivity index (χ0) is 7.28. The van der Waals surface area contributed by atoms with Crippen LogP contribution in [0, 0.1) is 0 Å². The molecule has 0 saturated heterocycles. The van der Waals surface area contributed by atoms with E-state index in [9.17, 15) is 4.89 Å². The predicted octanol–water partition coefficient (Wildman–Crippen LogP) is -0.333. The maximum atomic E-state index is 10.1. The molecule has 0 fully saturated rings. The molecule has 0 aliphatic heterocycles. The summed E-state index contributed by atoms with van der Waals surface area (Å²) in [5.74, 6) is 0. The van der Waals surface area contributed by atoms with E-state index in [2.05, 4.69) is 4.52 Å². The van der Waals surface area contributed by atoms with E-state index >= 15 is 0 Å².